The lowest BCUT2D eigenvalue weighted by Gasteiger charge is -2.07. The van der Waals surface area contributed by atoms with Crippen LogP contribution < -0.4 is 0 Å². The summed E-state index contributed by atoms with van der Waals surface area (Å²) in [7, 11) is 1.84. The Morgan fingerprint density at radius 1 is 1.38 bits per heavy atom. The molecule has 0 saturated heterocycles. The van der Waals surface area contributed by atoms with Gasteiger partial charge in [0.2, 0.25) is 0 Å². The normalized spacial score (nSPS) is 14.7. The van der Waals surface area contributed by atoms with Crippen molar-refractivity contribution in [2.45, 2.75) is 18.8 Å². The van der Waals surface area contributed by atoms with E-state index in [1.807, 2.05) is 23.9 Å². The number of aryl methyl sites for hydroxylation is 1. The highest BCUT2D eigenvalue weighted by molar-refractivity contribution is 6.01. The van der Waals surface area contributed by atoms with E-state index in [1.54, 1.807) is 23.0 Å². The van der Waals surface area contributed by atoms with Crippen LogP contribution in [0.2, 0.25) is 0 Å². The van der Waals surface area contributed by atoms with Gasteiger partial charge in [-0.15, -0.1) is 0 Å². The third kappa shape index (κ3) is 1.83. The molecular formula is C15H14N4O2. The molecule has 0 spiro atoms. The van der Waals surface area contributed by atoms with Gasteiger partial charge in [-0.3, -0.25) is 9.25 Å². The number of imidazole rings is 1. The van der Waals surface area contributed by atoms with Gasteiger partial charge in [-0.2, -0.15) is 5.10 Å². The number of carbonyl (C=O) groups is 1. The maximum atomic E-state index is 11.5. The first-order chi connectivity index (χ1) is 10.1. The van der Waals surface area contributed by atoms with E-state index in [9.17, 15) is 9.90 Å². The molecule has 1 aliphatic carbocycles. The van der Waals surface area contributed by atoms with E-state index in [0.29, 0.717) is 11.4 Å². The van der Waals surface area contributed by atoms with Gasteiger partial charge < -0.3 is 5.11 Å². The maximum Gasteiger partial charge on any atom is 0.337 e. The van der Waals surface area contributed by atoms with Crippen molar-refractivity contribution in [3.05, 3.63) is 42.0 Å². The number of hydrogen-bond acceptors (Lipinski definition) is 3. The quantitative estimate of drug-likeness (QED) is 0.800. The van der Waals surface area contributed by atoms with Crippen molar-refractivity contribution < 1.29 is 9.90 Å². The van der Waals surface area contributed by atoms with E-state index in [2.05, 4.69) is 10.1 Å². The van der Waals surface area contributed by atoms with Gasteiger partial charge in [0.1, 0.15) is 5.82 Å². The molecule has 1 fully saturated rings. The minimum absolute atomic E-state index is 0.274. The number of aromatic nitrogens is 4. The van der Waals surface area contributed by atoms with Gasteiger partial charge in [0, 0.05) is 19.2 Å². The van der Waals surface area contributed by atoms with Gasteiger partial charge in [-0.1, -0.05) is 6.07 Å². The molecule has 3 aromatic rings. The summed E-state index contributed by atoms with van der Waals surface area (Å²) in [5.41, 5.74) is 2.51. The monoisotopic (exact) mass is 282 g/mol. The third-order valence-electron chi connectivity index (χ3n) is 3.82. The SMILES string of the molecule is Cn1cc(-n2c(C3CC3)nc3cccc(C(=O)O)c32)cn1. The summed E-state index contributed by atoms with van der Waals surface area (Å²) in [6, 6.07) is 5.22. The fraction of sp³-hybridized carbons (Fsp3) is 0.267. The largest absolute Gasteiger partial charge is 0.478 e. The van der Waals surface area contributed by atoms with E-state index < -0.39 is 5.97 Å². The zero-order valence-corrected chi connectivity index (χ0v) is 11.5. The zero-order valence-electron chi connectivity index (χ0n) is 11.5. The molecule has 0 bridgehead atoms. The fourth-order valence-corrected chi connectivity index (χ4v) is 2.72. The number of benzene rings is 1. The summed E-state index contributed by atoms with van der Waals surface area (Å²) in [5.74, 6) is 0.416. The number of carboxylic acids is 1. The Morgan fingerprint density at radius 2 is 2.19 bits per heavy atom. The van der Waals surface area contributed by atoms with Crippen LogP contribution in [0.4, 0.5) is 0 Å². The predicted molar refractivity (Wildman–Crippen MR) is 76.8 cm³/mol. The van der Waals surface area contributed by atoms with Gasteiger partial charge in [-0.25, -0.2) is 9.78 Å². The molecule has 2 heterocycles. The van der Waals surface area contributed by atoms with Crippen molar-refractivity contribution in [1.82, 2.24) is 19.3 Å². The Balaban J connectivity index is 2.09. The summed E-state index contributed by atoms with van der Waals surface area (Å²) in [6.45, 7) is 0. The average Bonchev–Trinajstić information content (AvgIpc) is 3.10. The number of aromatic carboxylic acids is 1. The van der Waals surface area contributed by atoms with Crippen LogP contribution in [-0.2, 0) is 7.05 Å². The summed E-state index contributed by atoms with van der Waals surface area (Å²) >= 11 is 0. The van der Waals surface area contributed by atoms with Gasteiger partial charge >= 0.3 is 5.97 Å². The first-order valence-corrected chi connectivity index (χ1v) is 6.89. The van der Waals surface area contributed by atoms with Crippen LogP contribution in [0, 0.1) is 0 Å². The van der Waals surface area contributed by atoms with E-state index in [0.717, 1.165) is 29.9 Å². The molecule has 1 N–H and O–H groups in total. The molecule has 0 unspecified atom stereocenters. The first kappa shape index (κ1) is 12.1. The van der Waals surface area contributed by atoms with Gasteiger partial charge in [0.15, 0.2) is 0 Å². The minimum atomic E-state index is -0.937. The minimum Gasteiger partial charge on any atom is -0.478 e. The van der Waals surface area contributed by atoms with Crippen LogP contribution in [0.3, 0.4) is 0 Å². The fourth-order valence-electron chi connectivity index (χ4n) is 2.72. The number of para-hydroxylation sites is 1. The molecule has 4 rings (SSSR count). The molecule has 106 valence electrons. The van der Waals surface area contributed by atoms with Crippen molar-refractivity contribution in [2.75, 3.05) is 0 Å². The Morgan fingerprint density at radius 3 is 2.81 bits per heavy atom. The van der Waals surface area contributed by atoms with E-state index in [1.165, 1.54) is 0 Å². The molecular weight excluding hydrogens is 268 g/mol. The van der Waals surface area contributed by atoms with Crippen LogP contribution in [0.5, 0.6) is 0 Å². The highest BCUT2D eigenvalue weighted by Crippen LogP contribution is 2.42. The van der Waals surface area contributed by atoms with Crippen LogP contribution >= 0.6 is 0 Å². The second kappa shape index (κ2) is 4.18. The lowest BCUT2D eigenvalue weighted by Crippen LogP contribution is -2.04. The number of carboxylic acid groups (broad SMARTS) is 1. The van der Waals surface area contributed by atoms with Crippen molar-refractivity contribution in [1.29, 1.82) is 0 Å². The summed E-state index contributed by atoms with van der Waals surface area (Å²) in [5, 5.41) is 13.7. The predicted octanol–water partition coefficient (Wildman–Crippen LogP) is 2.33. The highest BCUT2D eigenvalue weighted by Gasteiger charge is 2.31. The first-order valence-electron chi connectivity index (χ1n) is 6.89. The van der Waals surface area contributed by atoms with Crippen molar-refractivity contribution >= 4 is 17.0 Å². The topological polar surface area (TPSA) is 72.9 Å². The number of fused-ring (bicyclic) bond motifs is 1. The zero-order chi connectivity index (χ0) is 14.6. The summed E-state index contributed by atoms with van der Waals surface area (Å²) in [6.07, 6.45) is 5.83. The molecule has 1 aromatic carbocycles. The van der Waals surface area contributed by atoms with Gasteiger partial charge in [0.25, 0.3) is 0 Å². The molecule has 0 radical (unpaired) electrons. The summed E-state index contributed by atoms with van der Waals surface area (Å²) in [4.78, 5) is 16.2. The lowest BCUT2D eigenvalue weighted by atomic mass is 10.2. The summed E-state index contributed by atoms with van der Waals surface area (Å²) < 4.78 is 3.66. The van der Waals surface area contributed by atoms with Crippen molar-refractivity contribution in [3.63, 3.8) is 0 Å². The molecule has 0 atom stereocenters. The molecule has 2 aromatic heterocycles. The van der Waals surface area contributed by atoms with Gasteiger partial charge in [-0.05, 0) is 25.0 Å². The van der Waals surface area contributed by atoms with Crippen LogP contribution in [-0.4, -0.2) is 30.4 Å². The maximum absolute atomic E-state index is 11.5. The van der Waals surface area contributed by atoms with E-state index in [-0.39, 0.29) is 5.56 Å². The number of nitrogens with zero attached hydrogens (tertiary/aromatic N) is 4. The molecule has 21 heavy (non-hydrogen) atoms. The number of rotatable bonds is 3. The molecule has 1 aliphatic rings. The van der Waals surface area contributed by atoms with Gasteiger partial charge in [0.05, 0.1) is 28.5 Å². The molecule has 6 nitrogen and oxygen atoms in total. The van der Waals surface area contributed by atoms with Crippen molar-refractivity contribution in [3.8, 4) is 5.69 Å². The second-order valence-electron chi connectivity index (χ2n) is 5.43. The number of hydrogen-bond donors (Lipinski definition) is 1. The van der Waals surface area contributed by atoms with Crippen LogP contribution in [0.1, 0.15) is 34.9 Å². The highest BCUT2D eigenvalue weighted by atomic mass is 16.4. The smallest absolute Gasteiger partial charge is 0.337 e. The second-order valence-corrected chi connectivity index (χ2v) is 5.43. The molecule has 6 heteroatoms. The molecule has 1 saturated carbocycles. The molecule has 0 aliphatic heterocycles. The standard InChI is InChI=1S/C15H14N4O2/c1-18-8-10(7-16-18)19-13-11(15(20)21)3-2-4-12(13)17-14(19)9-5-6-9/h2-4,7-9H,5-6H2,1H3,(H,20,21). The third-order valence-corrected chi connectivity index (χ3v) is 3.82. The average molecular weight is 282 g/mol. The van der Waals surface area contributed by atoms with Crippen LogP contribution in [0.25, 0.3) is 16.7 Å². The Hall–Kier alpha value is -2.63. The van der Waals surface area contributed by atoms with Crippen LogP contribution in [0.15, 0.2) is 30.6 Å². The van der Waals surface area contributed by atoms with Crippen molar-refractivity contribution in [2.24, 2.45) is 7.05 Å². The van der Waals surface area contributed by atoms with E-state index in [4.69, 9.17) is 0 Å². The lowest BCUT2D eigenvalue weighted by molar-refractivity contribution is 0.0698. The van der Waals surface area contributed by atoms with E-state index >= 15 is 0 Å². The molecule has 0 amide bonds. The Bertz CT molecular complexity index is 858. The Kier molecular flexibility index (Phi) is 2.42. The Labute approximate surface area is 120 Å².